The molecule has 0 aliphatic heterocycles. The normalized spacial score (nSPS) is 13.9. The summed E-state index contributed by atoms with van der Waals surface area (Å²) in [4.78, 5) is 11.6. The highest BCUT2D eigenvalue weighted by molar-refractivity contribution is 5.90. The predicted molar refractivity (Wildman–Crippen MR) is 68.7 cm³/mol. The monoisotopic (exact) mass is 228 g/mol. The van der Waals surface area contributed by atoms with Gasteiger partial charge >= 0.3 is 5.97 Å². The topological polar surface area (TPSA) is 26.3 Å². The van der Waals surface area contributed by atoms with E-state index in [1.54, 1.807) is 0 Å². The first-order valence-corrected chi connectivity index (χ1v) is 5.84. The van der Waals surface area contributed by atoms with Gasteiger partial charge in [0, 0.05) is 0 Å². The maximum absolute atomic E-state index is 11.6. The summed E-state index contributed by atoms with van der Waals surface area (Å²) in [6.07, 6.45) is 7.16. The quantitative estimate of drug-likeness (QED) is 0.739. The van der Waals surface area contributed by atoms with E-state index in [9.17, 15) is 4.79 Å². The van der Waals surface area contributed by atoms with Gasteiger partial charge in [-0.15, -0.1) is 0 Å². The highest BCUT2D eigenvalue weighted by atomic mass is 16.5. The van der Waals surface area contributed by atoms with Crippen molar-refractivity contribution >= 4 is 11.5 Å². The van der Waals surface area contributed by atoms with Crippen molar-refractivity contribution in [1.29, 1.82) is 0 Å². The molecule has 0 heterocycles. The third-order valence-corrected chi connectivity index (χ3v) is 2.61. The van der Waals surface area contributed by atoms with Gasteiger partial charge in [-0.25, -0.2) is 4.79 Å². The lowest BCUT2D eigenvalue weighted by atomic mass is 10.0. The summed E-state index contributed by atoms with van der Waals surface area (Å²) in [7, 11) is 0. The first-order chi connectivity index (χ1) is 8.16. The largest absolute Gasteiger partial charge is 0.459 e. The fourth-order valence-corrected chi connectivity index (χ4v) is 1.76. The second-order valence-corrected chi connectivity index (χ2v) is 4.36. The van der Waals surface area contributed by atoms with E-state index < -0.39 is 0 Å². The third kappa shape index (κ3) is 2.84. The van der Waals surface area contributed by atoms with Crippen LogP contribution < -0.4 is 0 Å². The van der Waals surface area contributed by atoms with Crippen LogP contribution in [0, 0.1) is 0 Å². The molecule has 0 spiro atoms. The van der Waals surface area contributed by atoms with Crippen LogP contribution in [0.5, 0.6) is 0 Å². The molecule has 0 amide bonds. The Balaban J connectivity index is 2.10. The highest BCUT2D eigenvalue weighted by Crippen LogP contribution is 2.23. The Bertz CT molecular complexity index is 464. The van der Waals surface area contributed by atoms with Gasteiger partial charge in [-0.2, -0.15) is 0 Å². The number of benzene rings is 1. The van der Waals surface area contributed by atoms with E-state index in [-0.39, 0.29) is 12.1 Å². The predicted octanol–water partition coefficient (Wildman–Crippen LogP) is 3.60. The average molecular weight is 228 g/mol. The zero-order chi connectivity index (χ0) is 12.3. The van der Waals surface area contributed by atoms with Gasteiger partial charge in [0.25, 0.3) is 0 Å². The number of ether oxygens (including phenoxy) is 1. The van der Waals surface area contributed by atoms with Crippen molar-refractivity contribution in [3.8, 4) is 0 Å². The number of carbonyl (C=O) groups excluding carboxylic acids is 1. The van der Waals surface area contributed by atoms with Crippen LogP contribution in [0.3, 0.4) is 0 Å². The molecule has 0 N–H and O–H groups in total. The molecule has 88 valence electrons. The third-order valence-electron chi connectivity index (χ3n) is 2.61. The number of hydrogen-bond donors (Lipinski definition) is 0. The van der Waals surface area contributed by atoms with E-state index in [1.807, 2.05) is 38.1 Å². The van der Waals surface area contributed by atoms with Crippen molar-refractivity contribution in [1.82, 2.24) is 0 Å². The molecule has 2 heteroatoms. The molecular formula is C15H16O2. The smallest absolute Gasteiger partial charge is 0.338 e. The van der Waals surface area contributed by atoms with Crippen LogP contribution in [0.15, 0.2) is 42.5 Å². The molecule has 1 aliphatic rings. The Morgan fingerprint density at radius 3 is 2.47 bits per heavy atom. The van der Waals surface area contributed by atoms with E-state index >= 15 is 0 Å². The van der Waals surface area contributed by atoms with Crippen molar-refractivity contribution in [2.24, 2.45) is 0 Å². The van der Waals surface area contributed by atoms with Gasteiger partial charge in [-0.1, -0.05) is 30.4 Å². The number of hydrogen-bond acceptors (Lipinski definition) is 2. The van der Waals surface area contributed by atoms with Crippen molar-refractivity contribution in [3.63, 3.8) is 0 Å². The SMILES string of the molecule is CC(C)OC(=O)c1ccc(C2=CC=CC2)cc1. The molecule has 0 saturated heterocycles. The molecule has 17 heavy (non-hydrogen) atoms. The zero-order valence-corrected chi connectivity index (χ0v) is 10.1. The fourth-order valence-electron chi connectivity index (χ4n) is 1.76. The Morgan fingerprint density at radius 2 is 1.94 bits per heavy atom. The lowest BCUT2D eigenvalue weighted by Gasteiger charge is -2.08. The molecule has 0 unspecified atom stereocenters. The van der Waals surface area contributed by atoms with Crippen LogP contribution in [0.4, 0.5) is 0 Å². The lowest BCUT2D eigenvalue weighted by Crippen LogP contribution is -2.11. The summed E-state index contributed by atoms with van der Waals surface area (Å²) >= 11 is 0. The Morgan fingerprint density at radius 1 is 1.24 bits per heavy atom. The Labute approximate surface area is 102 Å². The minimum atomic E-state index is -0.259. The van der Waals surface area contributed by atoms with Gasteiger partial charge in [-0.3, -0.25) is 0 Å². The minimum absolute atomic E-state index is 0.0797. The van der Waals surface area contributed by atoms with Gasteiger partial charge in [0.2, 0.25) is 0 Å². The molecule has 0 saturated carbocycles. The molecule has 0 radical (unpaired) electrons. The second-order valence-electron chi connectivity index (χ2n) is 4.36. The summed E-state index contributed by atoms with van der Waals surface area (Å²) in [6.45, 7) is 3.70. The van der Waals surface area contributed by atoms with Crippen molar-refractivity contribution in [2.75, 3.05) is 0 Å². The summed E-state index contributed by atoms with van der Waals surface area (Å²) in [5.74, 6) is -0.259. The van der Waals surface area contributed by atoms with Crippen LogP contribution in [0.2, 0.25) is 0 Å². The van der Waals surface area contributed by atoms with Gasteiger partial charge in [-0.05, 0) is 43.5 Å². The number of allylic oxidation sites excluding steroid dienone is 4. The standard InChI is InChI=1S/C15H16O2/c1-11(2)17-15(16)14-9-7-13(8-10-14)12-5-3-4-6-12/h3-5,7-11H,6H2,1-2H3. The molecule has 0 aromatic heterocycles. The molecule has 0 fully saturated rings. The summed E-state index contributed by atoms with van der Waals surface area (Å²) in [5, 5.41) is 0. The van der Waals surface area contributed by atoms with Gasteiger partial charge in [0.05, 0.1) is 11.7 Å². The molecule has 2 nitrogen and oxygen atoms in total. The van der Waals surface area contributed by atoms with E-state index in [0.29, 0.717) is 5.56 Å². The van der Waals surface area contributed by atoms with Gasteiger partial charge < -0.3 is 4.74 Å². The van der Waals surface area contributed by atoms with Gasteiger partial charge in [0.15, 0.2) is 0 Å². The summed E-state index contributed by atoms with van der Waals surface area (Å²) < 4.78 is 5.14. The van der Waals surface area contributed by atoms with Crippen molar-refractivity contribution < 1.29 is 9.53 Å². The molecule has 1 aromatic rings. The first-order valence-electron chi connectivity index (χ1n) is 5.84. The van der Waals surface area contributed by atoms with Crippen molar-refractivity contribution in [2.45, 2.75) is 26.4 Å². The van der Waals surface area contributed by atoms with Crippen LogP contribution in [0.1, 0.15) is 36.2 Å². The molecule has 0 bridgehead atoms. The second kappa shape index (κ2) is 5.00. The summed E-state index contributed by atoms with van der Waals surface area (Å²) in [5.41, 5.74) is 3.05. The molecule has 0 atom stereocenters. The van der Waals surface area contributed by atoms with E-state index in [2.05, 4.69) is 18.2 Å². The van der Waals surface area contributed by atoms with Crippen LogP contribution >= 0.6 is 0 Å². The molecule has 2 rings (SSSR count). The number of esters is 1. The Hall–Kier alpha value is -1.83. The summed E-state index contributed by atoms with van der Waals surface area (Å²) in [6, 6.07) is 7.57. The Kier molecular flexibility index (Phi) is 3.43. The first kappa shape index (κ1) is 11.6. The average Bonchev–Trinajstić information content (AvgIpc) is 2.82. The highest BCUT2D eigenvalue weighted by Gasteiger charge is 2.09. The molecule has 1 aliphatic carbocycles. The van der Waals surface area contributed by atoms with E-state index in [1.165, 1.54) is 5.57 Å². The zero-order valence-electron chi connectivity index (χ0n) is 10.1. The number of rotatable bonds is 3. The maximum atomic E-state index is 11.6. The van der Waals surface area contributed by atoms with Crippen LogP contribution in [0.25, 0.3) is 5.57 Å². The lowest BCUT2D eigenvalue weighted by molar-refractivity contribution is 0.0378. The van der Waals surface area contributed by atoms with E-state index in [4.69, 9.17) is 4.74 Å². The van der Waals surface area contributed by atoms with Gasteiger partial charge in [0.1, 0.15) is 0 Å². The van der Waals surface area contributed by atoms with Crippen molar-refractivity contribution in [3.05, 3.63) is 53.6 Å². The molecular weight excluding hydrogens is 212 g/mol. The van der Waals surface area contributed by atoms with Crippen LogP contribution in [-0.4, -0.2) is 12.1 Å². The fraction of sp³-hybridized carbons (Fsp3) is 0.267. The van der Waals surface area contributed by atoms with Crippen LogP contribution in [-0.2, 0) is 4.74 Å². The molecule has 1 aromatic carbocycles. The minimum Gasteiger partial charge on any atom is -0.459 e. The van der Waals surface area contributed by atoms with E-state index in [0.717, 1.165) is 12.0 Å². The number of carbonyl (C=O) groups is 1. The maximum Gasteiger partial charge on any atom is 0.338 e.